The fourth-order valence-electron chi connectivity index (χ4n) is 2.45. The fraction of sp³-hybridized carbons (Fsp3) is 1.00. The predicted octanol–water partition coefficient (Wildman–Crippen LogP) is 2.48. The molecule has 0 saturated carbocycles. The Kier molecular flexibility index (Phi) is 5.62. The Hall–Kier alpha value is -0.0800. The number of hydrogen-bond acceptors (Lipinski definition) is 2. The molecule has 0 aromatic carbocycles. The molecule has 2 nitrogen and oxygen atoms in total. The highest BCUT2D eigenvalue weighted by atomic mass is 15.1. The second kappa shape index (κ2) is 6.49. The maximum Gasteiger partial charge on any atom is 0.00509 e. The van der Waals surface area contributed by atoms with Crippen LogP contribution in [0.25, 0.3) is 0 Å². The third-order valence-electron chi connectivity index (χ3n) is 3.54. The zero-order valence-electron chi connectivity index (χ0n) is 10.7. The van der Waals surface area contributed by atoms with Crippen molar-refractivity contribution in [3.63, 3.8) is 0 Å². The molecular weight excluding hydrogens is 184 g/mol. The number of nitrogens with two attached hydrogens (primary N) is 1. The SMILES string of the molecule is CC(C)CCCN1CCCC(C(C)N)C1. The van der Waals surface area contributed by atoms with E-state index in [-0.39, 0.29) is 0 Å². The Bertz CT molecular complexity index is 166. The molecule has 0 radical (unpaired) electrons. The maximum absolute atomic E-state index is 5.98. The van der Waals surface area contributed by atoms with Crippen LogP contribution in [-0.2, 0) is 0 Å². The van der Waals surface area contributed by atoms with Gasteiger partial charge in [-0.1, -0.05) is 13.8 Å². The van der Waals surface area contributed by atoms with E-state index in [9.17, 15) is 0 Å². The van der Waals surface area contributed by atoms with Gasteiger partial charge in [-0.05, 0) is 57.5 Å². The Morgan fingerprint density at radius 3 is 2.67 bits per heavy atom. The molecular formula is C13H28N2. The van der Waals surface area contributed by atoms with E-state index in [4.69, 9.17) is 5.73 Å². The molecule has 1 heterocycles. The molecule has 2 unspecified atom stereocenters. The number of hydrogen-bond donors (Lipinski definition) is 1. The van der Waals surface area contributed by atoms with Gasteiger partial charge in [-0.25, -0.2) is 0 Å². The molecule has 90 valence electrons. The van der Waals surface area contributed by atoms with Crippen molar-refractivity contribution in [3.05, 3.63) is 0 Å². The van der Waals surface area contributed by atoms with E-state index in [0.29, 0.717) is 6.04 Å². The topological polar surface area (TPSA) is 29.3 Å². The van der Waals surface area contributed by atoms with Crippen LogP contribution in [0.1, 0.15) is 46.5 Å². The van der Waals surface area contributed by atoms with E-state index in [1.807, 2.05) is 0 Å². The minimum Gasteiger partial charge on any atom is -0.328 e. The van der Waals surface area contributed by atoms with Crippen molar-refractivity contribution in [3.8, 4) is 0 Å². The van der Waals surface area contributed by atoms with Crippen molar-refractivity contribution in [2.24, 2.45) is 17.6 Å². The number of nitrogens with zero attached hydrogens (tertiary/aromatic N) is 1. The molecule has 1 rings (SSSR count). The Morgan fingerprint density at radius 1 is 1.33 bits per heavy atom. The zero-order valence-corrected chi connectivity index (χ0v) is 10.7. The van der Waals surface area contributed by atoms with E-state index < -0.39 is 0 Å². The Labute approximate surface area is 95.2 Å². The molecule has 0 aliphatic carbocycles. The highest BCUT2D eigenvalue weighted by Gasteiger charge is 2.21. The van der Waals surface area contributed by atoms with Crippen LogP contribution in [0.2, 0.25) is 0 Å². The zero-order chi connectivity index (χ0) is 11.3. The van der Waals surface area contributed by atoms with Crippen LogP contribution in [0.5, 0.6) is 0 Å². The van der Waals surface area contributed by atoms with Crippen molar-refractivity contribution in [2.45, 2.75) is 52.5 Å². The molecule has 0 spiro atoms. The van der Waals surface area contributed by atoms with Crippen molar-refractivity contribution < 1.29 is 0 Å². The van der Waals surface area contributed by atoms with E-state index in [2.05, 4.69) is 25.7 Å². The molecule has 2 atom stereocenters. The van der Waals surface area contributed by atoms with Crippen LogP contribution < -0.4 is 5.73 Å². The smallest absolute Gasteiger partial charge is 0.00509 e. The van der Waals surface area contributed by atoms with Crippen LogP contribution in [0.4, 0.5) is 0 Å². The minimum atomic E-state index is 0.373. The quantitative estimate of drug-likeness (QED) is 0.758. The fourth-order valence-corrected chi connectivity index (χ4v) is 2.45. The molecule has 0 amide bonds. The van der Waals surface area contributed by atoms with E-state index in [1.54, 1.807) is 0 Å². The molecule has 1 aliphatic heterocycles. The first-order valence-electron chi connectivity index (χ1n) is 6.57. The summed E-state index contributed by atoms with van der Waals surface area (Å²) in [7, 11) is 0. The summed E-state index contributed by atoms with van der Waals surface area (Å²) >= 11 is 0. The van der Waals surface area contributed by atoms with Crippen LogP contribution >= 0.6 is 0 Å². The first kappa shape index (κ1) is 13.0. The van der Waals surface area contributed by atoms with Gasteiger partial charge in [-0.2, -0.15) is 0 Å². The number of likely N-dealkylation sites (tertiary alicyclic amines) is 1. The lowest BCUT2D eigenvalue weighted by Gasteiger charge is -2.34. The van der Waals surface area contributed by atoms with Gasteiger partial charge in [0.1, 0.15) is 0 Å². The summed E-state index contributed by atoms with van der Waals surface area (Å²) in [4.78, 5) is 2.61. The predicted molar refractivity (Wildman–Crippen MR) is 66.9 cm³/mol. The van der Waals surface area contributed by atoms with Gasteiger partial charge in [-0.15, -0.1) is 0 Å². The van der Waals surface area contributed by atoms with Crippen molar-refractivity contribution in [2.75, 3.05) is 19.6 Å². The molecule has 2 heteroatoms. The van der Waals surface area contributed by atoms with E-state index in [0.717, 1.165) is 11.8 Å². The molecule has 1 fully saturated rings. The summed E-state index contributed by atoms with van der Waals surface area (Å²) in [6.45, 7) is 10.6. The lowest BCUT2D eigenvalue weighted by molar-refractivity contribution is 0.157. The molecule has 0 bridgehead atoms. The molecule has 15 heavy (non-hydrogen) atoms. The van der Waals surface area contributed by atoms with Gasteiger partial charge in [0.2, 0.25) is 0 Å². The van der Waals surface area contributed by atoms with Crippen molar-refractivity contribution in [1.29, 1.82) is 0 Å². The first-order chi connectivity index (χ1) is 7.09. The summed E-state index contributed by atoms with van der Waals surface area (Å²) < 4.78 is 0. The maximum atomic E-state index is 5.98. The largest absolute Gasteiger partial charge is 0.328 e. The molecule has 1 saturated heterocycles. The van der Waals surface area contributed by atoms with Crippen molar-refractivity contribution in [1.82, 2.24) is 4.90 Å². The van der Waals surface area contributed by atoms with Crippen LogP contribution in [0.15, 0.2) is 0 Å². The normalized spacial score (nSPS) is 25.8. The third-order valence-corrected chi connectivity index (χ3v) is 3.54. The van der Waals surface area contributed by atoms with Crippen LogP contribution in [0, 0.1) is 11.8 Å². The second-order valence-corrected chi connectivity index (χ2v) is 5.60. The average Bonchev–Trinajstić information content (AvgIpc) is 2.17. The summed E-state index contributed by atoms with van der Waals surface area (Å²) in [6.07, 6.45) is 5.38. The van der Waals surface area contributed by atoms with Gasteiger partial charge in [-0.3, -0.25) is 0 Å². The van der Waals surface area contributed by atoms with Gasteiger partial charge >= 0.3 is 0 Å². The molecule has 0 aromatic heterocycles. The third kappa shape index (κ3) is 4.98. The van der Waals surface area contributed by atoms with Gasteiger partial charge in [0.25, 0.3) is 0 Å². The summed E-state index contributed by atoms with van der Waals surface area (Å²) in [5, 5.41) is 0. The van der Waals surface area contributed by atoms with Gasteiger partial charge in [0.05, 0.1) is 0 Å². The second-order valence-electron chi connectivity index (χ2n) is 5.60. The molecule has 2 N–H and O–H groups in total. The monoisotopic (exact) mass is 212 g/mol. The lowest BCUT2D eigenvalue weighted by Crippen LogP contribution is -2.42. The highest BCUT2D eigenvalue weighted by Crippen LogP contribution is 2.19. The summed E-state index contributed by atoms with van der Waals surface area (Å²) in [5.41, 5.74) is 5.98. The van der Waals surface area contributed by atoms with Gasteiger partial charge in [0.15, 0.2) is 0 Å². The van der Waals surface area contributed by atoms with Crippen LogP contribution in [0.3, 0.4) is 0 Å². The van der Waals surface area contributed by atoms with Gasteiger partial charge in [0, 0.05) is 12.6 Å². The lowest BCUT2D eigenvalue weighted by atomic mass is 9.92. The summed E-state index contributed by atoms with van der Waals surface area (Å²) in [5.74, 6) is 1.58. The van der Waals surface area contributed by atoms with Gasteiger partial charge < -0.3 is 10.6 Å². The summed E-state index contributed by atoms with van der Waals surface area (Å²) in [6, 6.07) is 0.373. The Morgan fingerprint density at radius 2 is 2.07 bits per heavy atom. The van der Waals surface area contributed by atoms with Crippen molar-refractivity contribution >= 4 is 0 Å². The van der Waals surface area contributed by atoms with E-state index >= 15 is 0 Å². The number of piperidine rings is 1. The highest BCUT2D eigenvalue weighted by molar-refractivity contribution is 4.78. The molecule has 1 aliphatic rings. The molecule has 0 aromatic rings. The Balaban J connectivity index is 2.18. The van der Waals surface area contributed by atoms with E-state index in [1.165, 1.54) is 45.3 Å². The number of rotatable bonds is 5. The standard InChI is InChI=1S/C13H28N2/c1-11(2)6-4-8-15-9-5-7-13(10-15)12(3)14/h11-13H,4-10,14H2,1-3H3. The van der Waals surface area contributed by atoms with Crippen LogP contribution in [-0.4, -0.2) is 30.6 Å². The average molecular weight is 212 g/mol. The minimum absolute atomic E-state index is 0.373. The first-order valence-corrected chi connectivity index (χ1v) is 6.57.